The predicted octanol–water partition coefficient (Wildman–Crippen LogP) is 2.54. The van der Waals surface area contributed by atoms with Crippen LogP contribution >= 0.6 is 0 Å². The molecule has 24 heavy (non-hydrogen) atoms. The highest BCUT2D eigenvalue weighted by molar-refractivity contribution is 5.54. The van der Waals surface area contributed by atoms with E-state index in [2.05, 4.69) is 41.0 Å². The molecule has 1 aliphatic heterocycles. The highest BCUT2D eigenvalue weighted by Crippen LogP contribution is 2.23. The lowest BCUT2D eigenvalue weighted by Crippen LogP contribution is -2.46. The quantitative estimate of drug-likeness (QED) is 0.935. The van der Waals surface area contributed by atoms with Gasteiger partial charge in [-0.2, -0.15) is 0 Å². The van der Waals surface area contributed by atoms with E-state index in [1.165, 1.54) is 17.3 Å². The number of nitrogens with zero attached hydrogens (tertiary/aromatic N) is 2. The first-order chi connectivity index (χ1) is 11.6. The first kappa shape index (κ1) is 16.6. The number of para-hydroxylation sites is 1. The fourth-order valence-corrected chi connectivity index (χ4v) is 3.24. The zero-order valence-electron chi connectivity index (χ0n) is 14.3. The number of aromatic hydroxyl groups is 1. The standard InChI is InChI=1S/C19H24N2O3/c1-3-15-6-4-5-7-16(15)21-10-8-20(9-11-21)13-18-19(23)17(22)12-14(2)24-18/h4-7,12,23H,3,8-11,13H2,1-2H3. The summed E-state index contributed by atoms with van der Waals surface area (Å²) in [5.74, 6) is 0.630. The molecule has 1 N–H and O–H groups in total. The number of anilines is 1. The van der Waals surface area contributed by atoms with Gasteiger partial charge in [0.1, 0.15) is 5.76 Å². The van der Waals surface area contributed by atoms with Crippen LogP contribution in [0.4, 0.5) is 5.69 Å². The summed E-state index contributed by atoms with van der Waals surface area (Å²) in [4.78, 5) is 16.3. The monoisotopic (exact) mass is 328 g/mol. The summed E-state index contributed by atoms with van der Waals surface area (Å²) >= 11 is 0. The molecule has 0 amide bonds. The molecule has 1 saturated heterocycles. The number of aryl methyl sites for hydroxylation is 2. The topological polar surface area (TPSA) is 56.9 Å². The van der Waals surface area contributed by atoms with E-state index < -0.39 is 0 Å². The zero-order chi connectivity index (χ0) is 17.1. The third-order valence-electron chi connectivity index (χ3n) is 4.57. The van der Waals surface area contributed by atoms with Crippen molar-refractivity contribution in [1.29, 1.82) is 0 Å². The molecular formula is C19H24N2O3. The van der Waals surface area contributed by atoms with Gasteiger partial charge in [-0.15, -0.1) is 0 Å². The Morgan fingerprint density at radius 2 is 1.88 bits per heavy atom. The highest BCUT2D eigenvalue weighted by atomic mass is 16.4. The summed E-state index contributed by atoms with van der Waals surface area (Å²) in [7, 11) is 0. The smallest absolute Gasteiger partial charge is 0.227 e. The van der Waals surface area contributed by atoms with Gasteiger partial charge in [-0.25, -0.2) is 0 Å². The van der Waals surface area contributed by atoms with Crippen LogP contribution in [-0.4, -0.2) is 36.2 Å². The van der Waals surface area contributed by atoms with Crippen LogP contribution in [0, 0.1) is 6.92 Å². The van der Waals surface area contributed by atoms with Crippen molar-refractivity contribution in [1.82, 2.24) is 4.90 Å². The number of piperazine rings is 1. The van der Waals surface area contributed by atoms with Crippen molar-refractivity contribution in [2.45, 2.75) is 26.8 Å². The van der Waals surface area contributed by atoms with Crippen LogP contribution in [0.25, 0.3) is 0 Å². The SMILES string of the molecule is CCc1ccccc1N1CCN(Cc2oc(C)cc(=O)c2O)CC1. The minimum atomic E-state index is -0.371. The Morgan fingerprint density at radius 3 is 2.58 bits per heavy atom. The third kappa shape index (κ3) is 3.46. The first-order valence-electron chi connectivity index (χ1n) is 8.46. The minimum Gasteiger partial charge on any atom is -0.502 e. The second kappa shape index (κ2) is 7.09. The summed E-state index contributed by atoms with van der Waals surface area (Å²) in [6.07, 6.45) is 1.03. The van der Waals surface area contributed by atoms with Crippen molar-refractivity contribution in [2.75, 3.05) is 31.1 Å². The summed E-state index contributed by atoms with van der Waals surface area (Å²) in [5, 5.41) is 9.91. The fraction of sp³-hybridized carbons (Fsp3) is 0.421. The van der Waals surface area contributed by atoms with Crippen molar-refractivity contribution >= 4 is 5.69 Å². The molecule has 0 aliphatic carbocycles. The number of rotatable bonds is 4. The molecule has 0 bridgehead atoms. The molecule has 2 aromatic rings. The van der Waals surface area contributed by atoms with E-state index in [0.29, 0.717) is 18.1 Å². The van der Waals surface area contributed by atoms with E-state index in [9.17, 15) is 9.90 Å². The molecule has 2 heterocycles. The third-order valence-corrected chi connectivity index (χ3v) is 4.57. The molecule has 0 saturated carbocycles. The van der Waals surface area contributed by atoms with Gasteiger partial charge >= 0.3 is 0 Å². The predicted molar refractivity (Wildman–Crippen MR) is 94.7 cm³/mol. The first-order valence-corrected chi connectivity index (χ1v) is 8.46. The van der Waals surface area contributed by atoms with Gasteiger partial charge in [0.15, 0.2) is 5.76 Å². The van der Waals surface area contributed by atoms with Crippen LogP contribution in [0.3, 0.4) is 0 Å². The Balaban J connectivity index is 1.67. The van der Waals surface area contributed by atoms with Gasteiger partial charge in [0.2, 0.25) is 11.2 Å². The number of hydrogen-bond acceptors (Lipinski definition) is 5. The van der Waals surface area contributed by atoms with Gasteiger partial charge in [-0.05, 0) is 25.0 Å². The average molecular weight is 328 g/mol. The molecule has 0 unspecified atom stereocenters. The zero-order valence-corrected chi connectivity index (χ0v) is 14.3. The molecule has 0 spiro atoms. The fourth-order valence-electron chi connectivity index (χ4n) is 3.24. The van der Waals surface area contributed by atoms with Crippen molar-refractivity contribution < 1.29 is 9.52 Å². The van der Waals surface area contributed by atoms with Crippen LogP contribution in [0.5, 0.6) is 5.75 Å². The van der Waals surface area contributed by atoms with E-state index in [1.807, 2.05) is 0 Å². The molecule has 0 radical (unpaired) electrons. The second-order valence-corrected chi connectivity index (χ2v) is 6.24. The van der Waals surface area contributed by atoms with E-state index in [1.54, 1.807) is 6.92 Å². The Morgan fingerprint density at radius 1 is 1.17 bits per heavy atom. The molecule has 1 fully saturated rings. The lowest BCUT2D eigenvalue weighted by atomic mass is 10.1. The maximum absolute atomic E-state index is 11.7. The second-order valence-electron chi connectivity index (χ2n) is 6.24. The van der Waals surface area contributed by atoms with Gasteiger partial charge in [-0.3, -0.25) is 9.69 Å². The maximum Gasteiger partial charge on any atom is 0.227 e. The molecule has 1 aliphatic rings. The summed E-state index contributed by atoms with van der Waals surface area (Å²) in [6, 6.07) is 9.85. The Hall–Kier alpha value is -2.27. The van der Waals surface area contributed by atoms with Crippen LogP contribution in [0.15, 0.2) is 39.5 Å². The van der Waals surface area contributed by atoms with Crippen molar-refractivity contribution in [3.05, 3.63) is 57.6 Å². The Bertz CT molecular complexity index is 761. The molecule has 3 rings (SSSR count). The van der Waals surface area contributed by atoms with Crippen LogP contribution in [-0.2, 0) is 13.0 Å². The molecular weight excluding hydrogens is 304 g/mol. The van der Waals surface area contributed by atoms with Gasteiger partial charge in [-0.1, -0.05) is 25.1 Å². The van der Waals surface area contributed by atoms with E-state index in [4.69, 9.17) is 4.42 Å². The summed E-state index contributed by atoms with van der Waals surface area (Å²) in [5.41, 5.74) is 2.31. The molecule has 5 nitrogen and oxygen atoms in total. The van der Waals surface area contributed by atoms with Crippen LogP contribution in [0.2, 0.25) is 0 Å². The lowest BCUT2D eigenvalue weighted by Gasteiger charge is -2.36. The van der Waals surface area contributed by atoms with Gasteiger partial charge < -0.3 is 14.4 Å². The highest BCUT2D eigenvalue weighted by Gasteiger charge is 2.21. The molecule has 128 valence electrons. The van der Waals surface area contributed by atoms with E-state index >= 15 is 0 Å². The van der Waals surface area contributed by atoms with Crippen molar-refractivity contribution in [3.8, 4) is 5.75 Å². The van der Waals surface area contributed by atoms with Crippen LogP contribution in [0.1, 0.15) is 24.0 Å². The summed E-state index contributed by atoms with van der Waals surface area (Å²) in [6.45, 7) is 7.96. The van der Waals surface area contributed by atoms with Crippen LogP contribution < -0.4 is 10.3 Å². The van der Waals surface area contributed by atoms with Gasteiger partial charge in [0, 0.05) is 37.9 Å². The minimum absolute atomic E-state index is 0.264. The number of hydrogen-bond donors (Lipinski definition) is 1. The average Bonchev–Trinajstić information content (AvgIpc) is 2.60. The summed E-state index contributed by atoms with van der Waals surface area (Å²) < 4.78 is 5.53. The van der Waals surface area contributed by atoms with Gasteiger partial charge in [0.05, 0.1) is 6.54 Å². The van der Waals surface area contributed by atoms with Crippen molar-refractivity contribution in [2.24, 2.45) is 0 Å². The van der Waals surface area contributed by atoms with Gasteiger partial charge in [0.25, 0.3) is 0 Å². The normalized spacial score (nSPS) is 15.7. The molecule has 5 heteroatoms. The Labute approximate surface area is 142 Å². The molecule has 0 atom stereocenters. The van der Waals surface area contributed by atoms with E-state index in [0.717, 1.165) is 32.6 Å². The number of benzene rings is 1. The largest absolute Gasteiger partial charge is 0.502 e. The lowest BCUT2D eigenvalue weighted by molar-refractivity contribution is 0.220. The van der Waals surface area contributed by atoms with E-state index in [-0.39, 0.29) is 11.2 Å². The maximum atomic E-state index is 11.7. The molecule has 1 aromatic carbocycles. The van der Waals surface area contributed by atoms with Crippen molar-refractivity contribution in [3.63, 3.8) is 0 Å². The molecule has 1 aromatic heterocycles. The Kier molecular flexibility index (Phi) is 4.90.